The van der Waals surface area contributed by atoms with Gasteiger partial charge in [0.2, 0.25) is 5.91 Å². The van der Waals surface area contributed by atoms with Crippen LogP contribution in [0.2, 0.25) is 0 Å². The van der Waals surface area contributed by atoms with Crippen molar-refractivity contribution in [1.29, 1.82) is 0 Å². The standard InChI is InChI=1S/C30H30BrF2N5O/c31-22-7-10-24(11-8-22)38-28-6-2-1-5-26(28)34-29(38)20-35-13-3-4-21(19-35)30(39)37-16-14-36(15-17-37)27-12-9-23(32)18-25(27)33/h1-2,5-12,18,21H,3-4,13-17,19-20H2/t21-/m1/s1. The van der Waals surface area contributed by atoms with Crippen molar-refractivity contribution in [1.82, 2.24) is 19.4 Å². The minimum Gasteiger partial charge on any atom is -0.366 e. The molecule has 2 aliphatic rings. The number of hydrogen-bond acceptors (Lipinski definition) is 4. The molecule has 4 aromatic rings. The van der Waals surface area contributed by atoms with Crippen LogP contribution in [0, 0.1) is 17.6 Å². The molecule has 0 N–H and O–H groups in total. The Morgan fingerprint density at radius 1 is 0.949 bits per heavy atom. The highest BCUT2D eigenvalue weighted by Gasteiger charge is 2.32. The molecule has 1 atom stereocenters. The summed E-state index contributed by atoms with van der Waals surface area (Å²) in [5.41, 5.74) is 3.47. The first-order valence-electron chi connectivity index (χ1n) is 13.4. The van der Waals surface area contributed by atoms with Crippen LogP contribution in [0.5, 0.6) is 0 Å². The lowest BCUT2D eigenvalue weighted by Crippen LogP contribution is -2.52. The fourth-order valence-corrected chi connectivity index (χ4v) is 6.09. The Labute approximate surface area is 235 Å². The molecule has 6 nitrogen and oxygen atoms in total. The zero-order chi connectivity index (χ0) is 26.9. The summed E-state index contributed by atoms with van der Waals surface area (Å²) in [6, 6.07) is 20.1. The molecule has 2 fully saturated rings. The zero-order valence-electron chi connectivity index (χ0n) is 21.6. The van der Waals surface area contributed by atoms with Gasteiger partial charge in [-0.1, -0.05) is 28.1 Å². The Hall–Kier alpha value is -3.30. The number of benzene rings is 3. The molecule has 9 heteroatoms. The van der Waals surface area contributed by atoms with Crippen LogP contribution >= 0.6 is 15.9 Å². The maximum absolute atomic E-state index is 14.2. The molecule has 0 bridgehead atoms. The van der Waals surface area contributed by atoms with Gasteiger partial charge in [-0.05, 0) is 67.9 Å². The highest BCUT2D eigenvalue weighted by molar-refractivity contribution is 9.10. The van der Waals surface area contributed by atoms with E-state index in [1.165, 1.54) is 12.1 Å². The molecule has 6 rings (SSSR count). The summed E-state index contributed by atoms with van der Waals surface area (Å²) >= 11 is 3.53. The van der Waals surface area contributed by atoms with Gasteiger partial charge in [0.05, 0.1) is 29.2 Å². The van der Waals surface area contributed by atoms with E-state index in [1.807, 2.05) is 40.1 Å². The number of piperidine rings is 1. The van der Waals surface area contributed by atoms with E-state index in [4.69, 9.17) is 4.98 Å². The summed E-state index contributed by atoms with van der Waals surface area (Å²) in [6.07, 6.45) is 1.82. The SMILES string of the molecule is O=C([C@@H]1CCCN(Cc2nc3ccccc3n2-c2ccc(Br)cc2)C1)N1CCN(c2ccc(F)cc2F)CC1. The van der Waals surface area contributed by atoms with E-state index >= 15 is 0 Å². The number of nitrogens with zero attached hydrogens (tertiary/aromatic N) is 5. The molecule has 3 heterocycles. The summed E-state index contributed by atoms with van der Waals surface area (Å²) < 4.78 is 30.8. The average molecular weight is 595 g/mol. The van der Waals surface area contributed by atoms with Gasteiger partial charge in [0.25, 0.3) is 0 Å². The largest absolute Gasteiger partial charge is 0.366 e. The lowest BCUT2D eigenvalue weighted by Gasteiger charge is -2.39. The van der Waals surface area contributed by atoms with E-state index in [-0.39, 0.29) is 11.8 Å². The van der Waals surface area contributed by atoms with Crippen LogP contribution in [-0.4, -0.2) is 64.5 Å². The molecular weight excluding hydrogens is 564 g/mol. The summed E-state index contributed by atoms with van der Waals surface area (Å²) in [4.78, 5) is 24.6. The van der Waals surface area contributed by atoms with Crippen molar-refractivity contribution in [2.24, 2.45) is 5.92 Å². The molecule has 1 aromatic heterocycles. The van der Waals surface area contributed by atoms with Crippen LogP contribution < -0.4 is 4.90 Å². The van der Waals surface area contributed by atoms with Gasteiger partial charge in [-0.25, -0.2) is 13.8 Å². The van der Waals surface area contributed by atoms with Gasteiger partial charge < -0.3 is 9.80 Å². The van der Waals surface area contributed by atoms with E-state index < -0.39 is 11.6 Å². The van der Waals surface area contributed by atoms with Crippen molar-refractivity contribution in [3.8, 4) is 5.69 Å². The fraction of sp³-hybridized carbons (Fsp3) is 0.333. The quantitative estimate of drug-likeness (QED) is 0.301. The van der Waals surface area contributed by atoms with E-state index in [9.17, 15) is 13.6 Å². The van der Waals surface area contributed by atoms with E-state index in [1.54, 1.807) is 0 Å². The van der Waals surface area contributed by atoms with Crippen LogP contribution in [0.4, 0.5) is 14.5 Å². The normalized spacial score (nSPS) is 18.6. The van der Waals surface area contributed by atoms with Gasteiger partial charge in [-0.15, -0.1) is 0 Å². The smallest absolute Gasteiger partial charge is 0.227 e. The molecule has 0 saturated carbocycles. The number of imidazole rings is 1. The number of hydrogen-bond donors (Lipinski definition) is 0. The van der Waals surface area contributed by atoms with E-state index in [0.29, 0.717) is 45.0 Å². The number of aromatic nitrogens is 2. The molecule has 0 unspecified atom stereocenters. The second-order valence-corrected chi connectivity index (χ2v) is 11.2. The molecule has 0 spiro atoms. The molecule has 0 radical (unpaired) electrons. The molecule has 2 aliphatic heterocycles. The molecule has 0 aliphatic carbocycles. The van der Waals surface area contributed by atoms with E-state index in [2.05, 4.69) is 43.6 Å². The van der Waals surface area contributed by atoms with Crippen LogP contribution in [0.3, 0.4) is 0 Å². The van der Waals surface area contributed by atoms with Gasteiger partial charge in [-0.2, -0.15) is 0 Å². The fourth-order valence-electron chi connectivity index (χ4n) is 5.82. The summed E-state index contributed by atoms with van der Waals surface area (Å²) in [6.45, 7) is 4.40. The van der Waals surface area contributed by atoms with Crippen LogP contribution in [0.15, 0.2) is 71.2 Å². The number of halogens is 3. The average Bonchev–Trinajstić information content (AvgIpc) is 3.31. The first-order valence-corrected chi connectivity index (χ1v) is 14.2. The van der Waals surface area contributed by atoms with Gasteiger partial charge in [0, 0.05) is 49.0 Å². The first kappa shape index (κ1) is 26.0. The minimum atomic E-state index is -0.584. The lowest BCUT2D eigenvalue weighted by molar-refractivity contribution is -0.137. The van der Waals surface area contributed by atoms with E-state index in [0.717, 1.165) is 52.5 Å². The minimum absolute atomic E-state index is 0.0710. The number of rotatable bonds is 5. The van der Waals surface area contributed by atoms with Crippen molar-refractivity contribution in [2.75, 3.05) is 44.2 Å². The van der Waals surface area contributed by atoms with Crippen LogP contribution in [-0.2, 0) is 11.3 Å². The monoisotopic (exact) mass is 593 g/mol. The van der Waals surface area contributed by atoms with Crippen molar-refractivity contribution in [3.63, 3.8) is 0 Å². The highest BCUT2D eigenvalue weighted by atomic mass is 79.9. The third-order valence-corrected chi connectivity index (χ3v) is 8.31. The third kappa shape index (κ3) is 5.43. The molecule has 3 aromatic carbocycles. The number of likely N-dealkylation sites (tertiary alicyclic amines) is 1. The number of carbonyl (C=O) groups is 1. The molecule has 1 amide bonds. The molecule has 39 heavy (non-hydrogen) atoms. The number of fused-ring (bicyclic) bond motifs is 1. The molecular formula is C30H30BrF2N5O. The van der Waals surface area contributed by atoms with Crippen molar-refractivity contribution >= 4 is 38.6 Å². The topological polar surface area (TPSA) is 44.6 Å². The van der Waals surface area contributed by atoms with Gasteiger partial charge in [0.15, 0.2) is 0 Å². The molecule has 202 valence electrons. The van der Waals surface area contributed by atoms with Gasteiger partial charge >= 0.3 is 0 Å². The predicted molar refractivity (Wildman–Crippen MR) is 152 cm³/mol. The van der Waals surface area contributed by atoms with Gasteiger partial charge in [0.1, 0.15) is 17.5 Å². The summed E-state index contributed by atoms with van der Waals surface area (Å²) in [7, 11) is 0. The van der Waals surface area contributed by atoms with Gasteiger partial charge in [-0.3, -0.25) is 14.3 Å². The Bertz CT molecular complexity index is 1480. The lowest BCUT2D eigenvalue weighted by atomic mass is 9.96. The third-order valence-electron chi connectivity index (χ3n) is 7.78. The number of para-hydroxylation sites is 2. The van der Waals surface area contributed by atoms with Crippen molar-refractivity contribution in [3.05, 3.63) is 88.7 Å². The van der Waals surface area contributed by atoms with Crippen LogP contribution in [0.25, 0.3) is 16.7 Å². The maximum atomic E-state index is 14.2. The number of anilines is 1. The van der Waals surface area contributed by atoms with Crippen LogP contribution in [0.1, 0.15) is 18.7 Å². The van der Waals surface area contributed by atoms with Crippen molar-refractivity contribution in [2.45, 2.75) is 19.4 Å². The molecule has 2 saturated heterocycles. The second kappa shape index (κ2) is 11.1. The Kier molecular flexibility index (Phi) is 7.36. The number of amides is 1. The first-order chi connectivity index (χ1) is 19.0. The van der Waals surface area contributed by atoms with Crippen molar-refractivity contribution < 1.29 is 13.6 Å². The second-order valence-electron chi connectivity index (χ2n) is 10.3. The Morgan fingerprint density at radius 2 is 1.72 bits per heavy atom. The zero-order valence-corrected chi connectivity index (χ0v) is 23.2. The number of carbonyl (C=O) groups excluding carboxylic acids is 1. The maximum Gasteiger partial charge on any atom is 0.227 e. The predicted octanol–water partition coefficient (Wildman–Crippen LogP) is 5.63. The summed E-state index contributed by atoms with van der Waals surface area (Å²) in [5.74, 6) is -0.0913. The Balaban J connectivity index is 1.14. The Morgan fingerprint density at radius 3 is 2.49 bits per heavy atom. The highest BCUT2D eigenvalue weighted by Crippen LogP contribution is 2.27. The number of piperazine rings is 1. The summed E-state index contributed by atoms with van der Waals surface area (Å²) in [5, 5.41) is 0.